The van der Waals surface area contributed by atoms with Crippen LogP contribution in [0.2, 0.25) is 0 Å². The van der Waals surface area contributed by atoms with Gasteiger partial charge in [-0.15, -0.1) is 11.3 Å². The third-order valence-electron chi connectivity index (χ3n) is 2.55. The van der Waals surface area contributed by atoms with Crippen LogP contribution in [0.15, 0.2) is 15.9 Å². The number of aromatic nitrogens is 2. The molecule has 3 N–H and O–H groups in total. The molecule has 0 amide bonds. The SMILES string of the molecule is Cc1nc(N)nc(NCCc2ccc(Br)s2)c1[N+](=O)[O-]. The first kappa shape index (κ1) is 14.7. The Bertz CT molecular complexity index is 646. The van der Waals surface area contributed by atoms with E-state index in [0.717, 1.165) is 10.2 Å². The monoisotopic (exact) mass is 357 g/mol. The van der Waals surface area contributed by atoms with Gasteiger partial charge in [-0.2, -0.15) is 4.98 Å². The molecule has 7 nitrogen and oxygen atoms in total. The van der Waals surface area contributed by atoms with E-state index in [9.17, 15) is 10.1 Å². The first-order valence-electron chi connectivity index (χ1n) is 5.74. The smallest absolute Gasteiger partial charge is 0.332 e. The number of halogens is 1. The van der Waals surface area contributed by atoms with Gasteiger partial charge in [0.2, 0.25) is 11.8 Å². The Balaban J connectivity index is 2.10. The van der Waals surface area contributed by atoms with Gasteiger partial charge < -0.3 is 11.1 Å². The van der Waals surface area contributed by atoms with Gasteiger partial charge in [0, 0.05) is 11.4 Å². The fourth-order valence-electron chi connectivity index (χ4n) is 1.72. The lowest BCUT2D eigenvalue weighted by atomic mass is 10.3. The summed E-state index contributed by atoms with van der Waals surface area (Å²) in [6.45, 7) is 2.07. The van der Waals surface area contributed by atoms with E-state index in [1.165, 1.54) is 11.8 Å². The molecule has 0 unspecified atom stereocenters. The van der Waals surface area contributed by atoms with E-state index in [-0.39, 0.29) is 23.1 Å². The molecule has 20 heavy (non-hydrogen) atoms. The molecule has 0 aliphatic rings. The second-order valence-electron chi connectivity index (χ2n) is 4.00. The number of hydrogen-bond acceptors (Lipinski definition) is 7. The topological polar surface area (TPSA) is 107 Å². The van der Waals surface area contributed by atoms with Crippen LogP contribution in [0.25, 0.3) is 0 Å². The van der Waals surface area contributed by atoms with E-state index in [4.69, 9.17) is 5.73 Å². The summed E-state index contributed by atoms with van der Waals surface area (Å²) in [5.74, 6) is 0.185. The predicted octanol–water partition coefficient (Wildman–Crippen LogP) is 2.75. The first-order chi connectivity index (χ1) is 9.47. The number of hydrogen-bond donors (Lipinski definition) is 2. The van der Waals surface area contributed by atoms with E-state index in [2.05, 4.69) is 31.2 Å². The summed E-state index contributed by atoms with van der Waals surface area (Å²) in [4.78, 5) is 19.4. The molecular weight excluding hydrogens is 346 g/mol. The molecule has 0 bridgehead atoms. The molecule has 2 aromatic heterocycles. The van der Waals surface area contributed by atoms with Crippen molar-refractivity contribution in [3.05, 3.63) is 36.6 Å². The van der Waals surface area contributed by atoms with Crippen LogP contribution in [0.1, 0.15) is 10.6 Å². The van der Waals surface area contributed by atoms with Gasteiger partial charge in [0.15, 0.2) is 0 Å². The molecule has 106 valence electrons. The van der Waals surface area contributed by atoms with E-state index in [1.807, 2.05) is 12.1 Å². The number of nitro groups is 1. The van der Waals surface area contributed by atoms with Gasteiger partial charge in [0.25, 0.3) is 0 Å². The Labute approximate surface area is 127 Å². The van der Waals surface area contributed by atoms with Gasteiger partial charge in [-0.25, -0.2) is 4.98 Å². The summed E-state index contributed by atoms with van der Waals surface area (Å²) in [6.07, 6.45) is 0.746. The Morgan fingerprint density at radius 1 is 1.50 bits per heavy atom. The Morgan fingerprint density at radius 2 is 2.25 bits per heavy atom. The lowest BCUT2D eigenvalue weighted by Gasteiger charge is -2.07. The maximum Gasteiger partial charge on any atom is 0.332 e. The maximum atomic E-state index is 11.0. The molecule has 2 heterocycles. The number of anilines is 2. The van der Waals surface area contributed by atoms with Crippen molar-refractivity contribution in [2.24, 2.45) is 0 Å². The minimum Gasteiger partial charge on any atom is -0.368 e. The van der Waals surface area contributed by atoms with Crippen molar-refractivity contribution >= 4 is 44.7 Å². The summed E-state index contributed by atoms with van der Waals surface area (Å²) in [5.41, 5.74) is 5.65. The van der Waals surface area contributed by atoms with Crippen molar-refractivity contribution in [2.75, 3.05) is 17.6 Å². The summed E-state index contributed by atoms with van der Waals surface area (Å²) in [7, 11) is 0. The molecule has 2 aromatic rings. The molecule has 0 atom stereocenters. The zero-order valence-corrected chi connectivity index (χ0v) is 13.0. The lowest BCUT2D eigenvalue weighted by molar-refractivity contribution is -0.385. The Morgan fingerprint density at radius 3 is 2.85 bits per heavy atom. The molecule has 0 aromatic carbocycles. The fraction of sp³-hybridized carbons (Fsp3) is 0.273. The van der Waals surface area contributed by atoms with Crippen LogP contribution in [0.4, 0.5) is 17.5 Å². The van der Waals surface area contributed by atoms with Crippen molar-refractivity contribution in [1.82, 2.24) is 9.97 Å². The number of rotatable bonds is 5. The van der Waals surface area contributed by atoms with Crippen LogP contribution in [0, 0.1) is 17.0 Å². The van der Waals surface area contributed by atoms with Crippen LogP contribution in [-0.4, -0.2) is 21.4 Å². The van der Waals surface area contributed by atoms with Crippen molar-refractivity contribution in [2.45, 2.75) is 13.3 Å². The molecule has 0 fully saturated rings. The van der Waals surface area contributed by atoms with Gasteiger partial charge in [-0.05, 0) is 41.4 Å². The van der Waals surface area contributed by atoms with Crippen molar-refractivity contribution < 1.29 is 4.92 Å². The summed E-state index contributed by atoms with van der Waals surface area (Å²) in [5, 5.41) is 14.0. The fourth-order valence-corrected chi connectivity index (χ4v) is 3.20. The van der Waals surface area contributed by atoms with Crippen LogP contribution in [-0.2, 0) is 6.42 Å². The molecule has 0 saturated heterocycles. The average molecular weight is 358 g/mol. The highest BCUT2D eigenvalue weighted by atomic mass is 79.9. The molecule has 9 heteroatoms. The summed E-state index contributed by atoms with van der Waals surface area (Å²) >= 11 is 5.02. The van der Waals surface area contributed by atoms with Gasteiger partial charge >= 0.3 is 5.69 Å². The molecule has 0 radical (unpaired) electrons. The lowest BCUT2D eigenvalue weighted by Crippen LogP contribution is -2.11. The van der Waals surface area contributed by atoms with Gasteiger partial charge in [0.1, 0.15) is 5.69 Å². The van der Waals surface area contributed by atoms with Crippen LogP contribution < -0.4 is 11.1 Å². The maximum absolute atomic E-state index is 11.0. The predicted molar refractivity (Wildman–Crippen MR) is 82.0 cm³/mol. The largest absolute Gasteiger partial charge is 0.368 e. The van der Waals surface area contributed by atoms with Crippen LogP contribution in [0.5, 0.6) is 0 Å². The number of nitrogens with two attached hydrogens (primary N) is 1. The standard InChI is InChI=1S/C11H12BrN5O2S/c1-6-9(17(18)19)10(16-11(13)15-6)14-5-4-7-2-3-8(12)20-7/h2-3H,4-5H2,1H3,(H3,13,14,15,16). The van der Waals surface area contributed by atoms with E-state index < -0.39 is 4.92 Å². The second kappa shape index (κ2) is 6.14. The zero-order valence-electron chi connectivity index (χ0n) is 10.6. The van der Waals surface area contributed by atoms with Crippen molar-refractivity contribution in [3.8, 4) is 0 Å². The average Bonchev–Trinajstić information content (AvgIpc) is 2.73. The minimum absolute atomic E-state index is 0.0227. The van der Waals surface area contributed by atoms with Gasteiger partial charge in [0.05, 0.1) is 8.71 Å². The van der Waals surface area contributed by atoms with Crippen molar-refractivity contribution in [3.63, 3.8) is 0 Å². The van der Waals surface area contributed by atoms with Crippen LogP contribution in [0.3, 0.4) is 0 Å². The number of aryl methyl sites for hydroxylation is 1. The minimum atomic E-state index is -0.501. The summed E-state index contributed by atoms with van der Waals surface area (Å²) in [6, 6.07) is 3.97. The van der Waals surface area contributed by atoms with E-state index in [0.29, 0.717) is 6.54 Å². The van der Waals surface area contributed by atoms with E-state index in [1.54, 1.807) is 11.3 Å². The zero-order chi connectivity index (χ0) is 14.7. The van der Waals surface area contributed by atoms with E-state index >= 15 is 0 Å². The number of nitrogen functional groups attached to an aromatic ring is 1. The molecule has 0 spiro atoms. The van der Waals surface area contributed by atoms with Gasteiger partial charge in [-0.1, -0.05) is 0 Å². The Kier molecular flexibility index (Phi) is 4.50. The molecule has 0 aliphatic carbocycles. The normalized spacial score (nSPS) is 10.5. The second-order valence-corrected chi connectivity index (χ2v) is 6.55. The third-order valence-corrected chi connectivity index (χ3v) is 4.23. The highest BCUT2D eigenvalue weighted by Crippen LogP contribution is 2.26. The van der Waals surface area contributed by atoms with Crippen molar-refractivity contribution in [1.29, 1.82) is 0 Å². The van der Waals surface area contributed by atoms with Gasteiger partial charge in [-0.3, -0.25) is 10.1 Å². The summed E-state index contributed by atoms with van der Waals surface area (Å²) < 4.78 is 1.06. The highest BCUT2D eigenvalue weighted by molar-refractivity contribution is 9.11. The molecular formula is C11H12BrN5O2S. The molecule has 0 aliphatic heterocycles. The van der Waals surface area contributed by atoms with Crippen LogP contribution >= 0.6 is 27.3 Å². The number of thiophene rings is 1. The molecule has 0 saturated carbocycles. The first-order valence-corrected chi connectivity index (χ1v) is 7.35. The Hall–Kier alpha value is -1.74. The third kappa shape index (κ3) is 3.42. The number of nitrogens with zero attached hydrogens (tertiary/aromatic N) is 3. The molecule has 2 rings (SSSR count). The number of nitrogens with one attached hydrogen (secondary N) is 1. The quantitative estimate of drug-likeness (QED) is 0.629. The highest BCUT2D eigenvalue weighted by Gasteiger charge is 2.21.